The fraction of sp³-hybridized carbons (Fsp3) is 0.235. The number of carbonyl (C=O) groups excluding carboxylic acids is 1. The lowest BCUT2D eigenvalue weighted by Crippen LogP contribution is -2.37. The van der Waals surface area contributed by atoms with E-state index < -0.39 is 5.91 Å². The summed E-state index contributed by atoms with van der Waals surface area (Å²) in [4.78, 5) is 22.8. The Kier molecular flexibility index (Phi) is 3.62. The number of morpholine rings is 1. The number of nitrogens with zero attached hydrogens (tertiary/aromatic N) is 4. The summed E-state index contributed by atoms with van der Waals surface area (Å²) in [5, 5.41) is 0. The molecular weight excluding hydrogens is 306 g/mol. The second-order valence-electron chi connectivity index (χ2n) is 5.64. The molecule has 7 nitrogen and oxygen atoms in total. The van der Waals surface area contributed by atoms with Gasteiger partial charge >= 0.3 is 0 Å². The molecule has 0 saturated carbocycles. The average Bonchev–Trinajstić information content (AvgIpc) is 3.07. The molecule has 3 heterocycles. The molecular formula is C17H17N5O2. The monoisotopic (exact) mass is 323 g/mol. The van der Waals surface area contributed by atoms with Gasteiger partial charge in [-0.05, 0) is 0 Å². The molecule has 7 heteroatoms. The number of hydrogen-bond donors (Lipinski definition) is 1. The first-order valence-corrected chi connectivity index (χ1v) is 7.80. The molecule has 2 N–H and O–H groups in total. The van der Waals surface area contributed by atoms with Crippen molar-refractivity contribution in [3.05, 3.63) is 48.4 Å². The molecule has 0 atom stereocenters. The van der Waals surface area contributed by atoms with Crippen LogP contribution in [0.4, 0.5) is 5.82 Å². The minimum absolute atomic E-state index is 0.233. The van der Waals surface area contributed by atoms with Gasteiger partial charge in [-0.1, -0.05) is 30.3 Å². The van der Waals surface area contributed by atoms with Gasteiger partial charge in [0.1, 0.15) is 5.69 Å². The standard InChI is InChI=1S/C17H17N5O2/c18-15(23)14-11-22-10-13(12-4-2-1-3-5-12)19-16(17(22)20-14)21-6-8-24-9-7-21/h1-5,10-11H,6-9H2,(H2,18,23). The van der Waals surface area contributed by atoms with Crippen LogP contribution < -0.4 is 10.6 Å². The number of amides is 1. The number of fused-ring (bicyclic) bond motifs is 1. The predicted molar refractivity (Wildman–Crippen MR) is 90.0 cm³/mol. The molecule has 1 saturated heterocycles. The fourth-order valence-corrected chi connectivity index (χ4v) is 2.84. The lowest BCUT2D eigenvalue weighted by atomic mass is 10.2. The molecule has 24 heavy (non-hydrogen) atoms. The quantitative estimate of drug-likeness (QED) is 0.786. The van der Waals surface area contributed by atoms with Crippen molar-refractivity contribution < 1.29 is 9.53 Å². The van der Waals surface area contributed by atoms with Crippen LogP contribution in [-0.2, 0) is 4.74 Å². The van der Waals surface area contributed by atoms with Crippen molar-refractivity contribution in [1.29, 1.82) is 0 Å². The zero-order valence-corrected chi connectivity index (χ0v) is 13.1. The lowest BCUT2D eigenvalue weighted by molar-refractivity contribution is 0.0996. The molecule has 0 spiro atoms. The summed E-state index contributed by atoms with van der Waals surface area (Å²) in [5.41, 5.74) is 8.07. The van der Waals surface area contributed by atoms with Gasteiger partial charge in [0, 0.05) is 31.0 Å². The van der Waals surface area contributed by atoms with Crippen molar-refractivity contribution in [2.75, 3.05) is 31.2 Å². The van der Waals surface area contributed by atoms with Gasteiger partial charge < -0.3 is 19.8 Å². The lowest BCUT2D eigenvalue weighted by Gasteiger charge is -2.28. The molecule has 4 rings (SSSR count). The summed E-state index contributed by atoms with van der Waals surface area (Å²) in [5.74, 6) is 0.194. The van der Waals surface area contributed by atoms with Crippen molar-refractivity contribution in [2.24, 2.45) is 5.73 Å². The van der Waals surface area contributed by atoms with E-state index in [0.29, 0.717) is 18.9 Å². The minimum Gasteiger partial charge on any atom is -0.378 e. The van der Waals surface area contributed by atoms with E-state index in [2.05, 4.69) is 9.88 Å². The fourth-order valence-electron chi connectivity index (χ4n) is 2.84. The Balaban J connectivity index is 1.90. The zero-order valence-electron chi connectivity index (χ0n) is 13.1. The van der Waals surface area contributed by atoms with E-state index >= 15 is 0 Å². The van der Waals surface area contributed by atoms with Crippen LogP contribution in [0.15, 0.2) is 42.7 Å². The minimum atomic E-state index is -0.548. The van der Waals surface area contributed by atoms with Gasteiger partial charge in [-0.25, -0.2) is 9.97 Å². The number of anilines is 1. The highest BCUT2D eigenvalue weighted by molar-refractivity contribution is 5.92. The van der Waals surface area contributed by atoms with E-state index in [4.69, 9.17) is 15.5 Å². The van der Waals surface area contributed by atoms with Crippen LogP contribution in [0.2, 0.25) is 0 Å². The molecule has 1 aliphatic rings. The highest BCUT2D eigenvalue weighted by atomic mass is 16.5. The number of nitrogens with two attached hydrogens (primary N) is 1. The molecule has 0 aliphatic carbocycles. The van der Waals surface area contributed by atoms with Crippen LogP contribution in [0, 0.1) is 0 Å². The van der Waals surface area contributed by atoms with Gasteiger partial charge in [-0.3, -0.25) is 4.79 Å². The second kappa shape index (κ2) is 5.93. The van der Waals surface area contributed by atoms with E-state index in [1.807, 2.05) is 40.9 Å². The largest absolute Gasteiger partial charge is 0.378 e. The molecule has 0 radical (unpaired) electrons. The van der Waals surface area contributed by atoms with Crippen LogP contribution in [0.3, 0.4) is 0 Å². The SMILES string of the molecule is NC(=O)c1cn2cc(-c3ccccc3)nc(N3CCOCC3)c2n1. The molecule has 1 amide bonds. The average molecular weight is 323 g/mol. The molecule has 0 bridgehead atoms. The highest BCUT2D eigenvalue weighted by Gasteiger charge is 2.20. The van der Waals surface area contributed by atoms with Gasteiger partial charge in [0.15, 0.2) is 11.5 Å². The van der Waals surface area contributed by atoms with E-state index in [1.54, 1.807) is 6.20 Å². The van der Waals surface area contributed by atoms with Crippen LogP contribution in [0.25, 0.3) is 16.9 Å². The van der Waals surface area contributed by atoms with Crippen LogP contribution in [0.5, 0.6) is 0 Å². The molecule has 1 aliphatic heterocycles. The van der Waals surface area contributed by atoms with Gasteiger partial charge in [-0.2, -0.15) is 0 Å². The van der Waals surface area contributed by atoms with Crippen molar-refractivity contribution >= 4 is 17.4 Å². The molecule has 2 aromatic heterocycles. The number of benzene rings is 1. The highest BCUT2D eigenvalue weighted by Crippen LogP contribution is 2.25. The van der Waals surface area contributed by atoms with Gasteiger partial charge in [0.2, 0.25) is 0 Å². The van der Waals surface area contributed by atoms with E-state index in [0.717, 1.165) is 30.2 Å². The van der Waals surface area contributed by atoms with Crippen LogP contribution in [-0.4, -0.2) is 46.6 Å². The first-order chi connectivity index (χ1) is 11.7. The third-order valence-corrected chi connectivity index (χ3v) is 4.05. The summed E-state index contributed by atoms with van der Waals surface area (Å²) >= 11 is 0. The Hall–Kier alpha value is -2.93. The maximum Gasteiger partial charge on any atom is 0.268 e. The first-order valence-electron chi connectivity index (χ1n) is 7.80. The number of hydrogen-bond acceptors (Lipinski definition) is 5. The third-order valence-electron chi connectivity index (χ3n) is 4.05. The maximum absolute atomic E-state index is 11.5. The summed E-state index contributed by atoms with van der Waals surface area (Å²) in [6.07, 6.45) is 3.52. The number of rotatable bonds is 3. The maximum atomic E-state index is 11.5. The van der Waals surface area contributed by atoms with Crippen LogP contribution >= 0.6 is 0 Å². The van der Waals surface area contributed by atoms with Gasteiger partial charge in [0.25, 0.3) is 5.91 Å². The first kappa shape index (κ1) is 14.6. The smallest absolute Gasteiger partial charge is 0.268 e. The third kappa shape index (κ3) is 2.59. The Morgan fingerprint density at radius 2 is 1.83 bits per heavy atom. The van der Waals surface area contributed by atoms with Crippen molar-refractivity contribution in [2.45, 2.75) is 0 Å². The molecule has 3 aromatic rings. The Morgan fingerprint density at radius 3 is 2.54 bits per heavy atom. The Morgan fingerprint density at radius 1 is 1.08 bits per heavy atom. The molecule has 1 aromatic carbocycles. The van der Waals surface area contributed by atoms with Crippen molar-refractivity contribution in [3.8, 4) is 11.3 Å². The van der Waals surface area contributed by atoms with Crippen molar-refractivity contribution in [3.63, 3.8) is 0 Å². The van der Waals surface area contributed by atoms with E-state index in [-0.39, 0.29) is 5.69 Å². The Labute approximate surface area is 138 Å². The van der Waals surface area contributed by atoms with Crippen molar-refractivity contribution in [1.82, 2.24) is 14.4 Å². The summed E-state index contributed by atoms with van der Waals surface area (Å²) in [7, 11) is 0. The number of imidazole rings is 1. The molecule has 1 fully saturated rings. The number of aromatic nitrogens is 3. The number of carbonyl (C=O) groups is 1. The van der Waals surface area contributed by atoms with Crippen LogP contribution in [0.1, 0.15) is 10.5 Å². The topological polar surface area (TPSA) is 85.8 Å². The Bertz CT molecular complexity index is 885. The van der Waals surface area contributed by atoms with E-state index in [1.165, 1.54) is 0 Å². The summed E-state index contributed by atoms with van der Waals surface area (Å²) in [6.45, 7) is 2.76. The number of ether oxygens (including phenoxy) is 1. The van der Waals surface area contributed by atoms with Gasteiger partial charge in [-0.15, -0.1) is 0 Å². The summed E-state index contributed by atoms with van der Waals surface area (Å²) in [6, 6.07) is 9.91. The molecule has 0 unspecified atom stereocenters. The van der Waals surface area contributed by atoms with Gasteiger partial charge in [0.05, 0.1) is 18.9 Å². The normalized spacial score (nSPS) is 14.9. The number of primary amides is 1. The predicted octanol–water partition coefficient (Wildman–Crippen LogP) is 1.33. The van der Waals surface area contributed by atoms with E-state index in [9.17, 15) is 4.79 Å². The second-order valence-corrected chi connectivity index (χ2v) is 5.64. The summed E-state index contributed by atoms with van der Waals surface area (Å²) < 4.78 is 7.24. The zero-order chi connectivity index (χ0) is 16.5. The molecule has 122 valence electrons.